The van der Waals surface area contributed by atoms with Crippen molar-refractivity contribution in [2.45, 2.75) is 31.5 Å². The Labute approximate surface area is 128 Å². The van der Waals surface area contributed by atoms with Gasteiger partial charge in [-0.15, -0.1) is 0 Å². The molecule has 3 rings (SSSR count). The van der Waals surface area contributed by atoms with Crippen molar-refractivity contribution < 1.29 is 13.9 Å². The van der Waals surface area contributed by atoms with E-state index in [4.69, 9.17) is 16.3 Å². The Balaban J connectivity index is 1.77. The molecular formula is C15H18ClFN2O2. The molecule has 1 atom stereocenters. The first-order chi connectivity index (χ1) is 10.2. The van der Waals surface area contributed by atoms with Crippen molar-refractivity contribution in [3.8, 4) is 0 Å². The van der Waals surface area contributed by atoms with E-state index in [1.807, 2.05) is 0 Å². The minimum atomic E-state index is -0.482. The molecule has 0 unspecified atom stereocenters. The van der Waals surface area contributed by atoms with E-state index < -0.39 is 6.10 Å². The van der Waals surface area contributed by atoms with E-state index >= 15 is 0 Å². The van der Waals surface area contributed by atoms with Gasteiger partial charge in [0.2, 0.25) is 0 Å². The molecular weight excluding hydrogens is 295 g/mol. The lowest BCUT2D eigenvalue weighted by Gasteiger charge is -2.30. The van der Waals surface area contributed by atoms with E-state index in [2.05, 4.69) is 5.32 Å². The number of carbonyl (C=O) groups excluding carboxylic acids is 1. The fraction of sp³-hybridized carbons (Fsp3) is 0.533. The van der Waals surface area contributed by atoms with E-state index in [1.54, 1.807) is 17.0 Å². The van der Waals surface area contributed by atoms with Crippen LogP contribution < -0.4 is 5.32 Å². The molecule has 0 spiro atoms. The van der Waals surface area contributed by atoms with Crippen LogP contribution in [0.5, 0.6) is 0 Å². The number of hydrogen-bond donors (Lipinski definition) is 1. The minimum absolute atomic E-state index is 0.0796. The Morgan fingerprint density at radius 3 is 2.90 bits per heavy atom. The van der Waals surface area contributed by atoms with Gasteiger partial charge in [0.15, 0.2) is 0 Å². The smallest absolute Gasteiger partial charge is 0.253 e. The maximum absolute atomic E-state index is 13.9. The summed E-state index contributed by atoms with van der Waals surface area (Å²) in [6, 6.07) is 4.76. The molecule has 1 saturated carbocycles. The maximum atomic E-state index is 13.9. The van der Waals surface area contributed by atoms with Gasteiger partial charge < -0.3 is 15.0 Å². The summed E-state index contributed by atoms with van der Waals surface area (Å²) in [6.45, 7) is 1.99. The van der Waals surface area contributed by atoms with Gasteiger partial charge in [0.05, 0.1) is 13.2 Å². The van der Waals surface area contributed by atoms with Gasteiger partial charge in [-0.1, -0.05) is 17.7 Å². The number of benzene rings is 1. The molecule has 2 aliphatic rings. The number of morpholine rings is 1. The molecule has 0 radical (unpaired) electrons. The second kappa shape index (κ2) is 6.30. The highest BCUT2D eigenvalue weighted by atomic mass is 35.5. The molecule has 1 aromatic rings. The van der Waals surface area contributed by atoms with E-state index in [0.29, 0.717) is 23.7 Å². The first kappa shape index (κ1) is 14.8. The summed E-state index contributed by atoms with van der Waals surface area (Å²) in [6.07, 6.45) is 1.43. The molecule has 1 N–H and O–H groups in total. The molecule has 1 aliphatic carbocycles. The van der Waals surface area contributed by atoms with Crippen LogP contribution in [-0.2, 0) is 16.1 Å². The molecule has 6 heteroatoms. The predicted octanol–water partition coefficient (Wildman–Crippen LogP) is 1.96. The normalized spacial score (nSPS) is 22.1. The summed E-state index contributed by atoms with van der Waals surface area (Å²) in [5, 5.41) is 3.50. The van der Waals surface area contributed by atoms with Crippen LogP contribution in [0.2, 0.25) is 5.02 Å². The molecule has 4 nitrogen and oxygen atoms in total. The molecule has 1 aliphatic heterocycles. The second-order valence-corrected chi connectivity index (χ2v) is 5.87. The fourth-order valence-corrected chi connectivity index (χ4v) is 2.76. The minimum Gasteiger partial charge on any atom is -0.366 e. The Bertz CT molecular complexity index is 510. The number of rotatable bonds is 4. The van der Waals surface area contributed by atoms with Gasteiger partial charge in [0.25, 0.3) is 5.91 Å². The quantitative estimate of drug-likeness (QED) is 0.924. The molecule has 1 heterocycles. The zero-order chi connectivity index (χ0) is 14.8. The van der Waals surface area contributed by atoms with Crippen molar-refractivity contribution in [2.75, 3.05) is 19.7 Å². The van der Waals surface area contributed by atoms with Gasteiger partial charge in [-0.3, -0.25) is 4.79 Å². The van der Waals surface area contributed by atoms with Gasteiger partial charge in [-0.05, 0) is 25.0 Å². The number of hydrogen-bond acceptors (Lipinski definition) is 3. The zero-order valence-electron chi connectivity index (χ0n) is 11.6. The van der Waals surface area contributed by atoms with E-state index in [9.17, 15) is 9.18 Å². The molecule has 114 valence electrons. The number of ether oxygens (including phenoxy) is 1. The number of carbonyl (C=O) groups is 1. The number of nitrogens with zero attached hydrogens (tertiary/aromatic N) is 1. The number of amides is 1. The summed E-state index contributed by atoms with van der Waals surface area (Å²) in [7, 11) is 0. The molecule has 0 bridgehead atoms. The lowest BCUT2D eigenvalue weighted by molar-refractivity contribution is -0.146. The molecule has 1 saturated heterocycles. The summed E-state index contributed by atoms with van der Waals surface area (Å²) in [4.78, 5) is 14.3. The van der Waals surface area contributed by atoms with Crippen molar-refractivity contribution in [1.29, 1.82) is 0 Å². The fourth-order valence-electron chi connectivity index (χ4n) is 2.54. The first-order valence-electron chi connectivity index (χ1n) is 7.22. The third-order valence-corrected chi connectivity index (χ3v) is 4.22. The molecule has 21 heavy (non-hydrogen) atoms. The average Bonchev–Trinajstić information content (AvgIpc) is 3.32. The lowest BCUT2D eigenvalue weighted by atomic mass is 10.1. The monoisotopic (exact) mass is 312 g/mol. The van der Waals surface area contributed by atoms with Crippen LogP contribution in [0.4, 0.5) is 4.39 Å². The van der Waals surface area contributed by atoms with E-state index in [-0.39, 0.29) is 24.3 Å². The SMILES string of the molecule is O=C([C@@H]1CNCCO1)N(Cc1c(F)cccc1Cl)C1CC1. The van der Waals surface area contributed by atoms with Crippen LogP contribution in [-0.4, -0.2) is 42.6 Å². The van der Waals surface area contributed by atoms with Gasteiger partial charge in [-0.25, -0.2) is 4.39 Å². The molecule has 0 aromatic heterocycles. The Morgan fingerprint density at radius 1 is 1.48 bits per heavy atom. The summed E-state index contributed by atoms with van der Waals surface area (Å²) >= 11 is 6.07. The summed E-state index contributed by atoms with van der Waals surface area (Å²) in [5.41, 5.74) is 0.378. The third-order valence-electron chi connectivity index (χ3n) is 3.86. The van der Waals surface area contributed by atoms with Crippen LogP contribution in [0.15, 0.2) is 18.2 Å². The topological polar surface area (TPSA) is 41.6 Å². The van der Waals surface area contributed by atoms with Gasteiger partial charge in [0.1, 0.15) is 11.9 Å². The van der Waals surface area contributed by atoms with Crippen LogP contribution in [0.1, 0.15) is 18.4 Å². The first-order valence-corrected chi connectivity index (χ1v) is 7.60. The number of halogens is 2. The Hall–Kier alpha value is -1.17. The van der Waals surface area contributed by atoms with Crippen molar-refractivity contribution in [1.82, 2.24) is 10.2 Å². The lowest BCUT2D eigenvalue weighted by Crippen LogP contribution is -2.49. The molecule has 1 aromatic carbocycles. The van der Waals surface area contributed by atoms with Crippen molar-refractivity contribution in [2.24, 2.45) is 0 Å². The van der Waals surface area contributed by atoms with Crippen LogP contribution in [0.3, 0.4) is 0 Å². The average molecular weight is 313 g/mol. The number of nitrogens with one attached hydrogen (secondary N) is 1. The highest BCUT2D eigenvalue weighted by Crippen LogP contribution is 2.31. The second-order valence-electron chi connectivity index (χ2n) is 5.46. The van der Waals surface area contributed by atoms with Crippen molar-refractivity contribution in [3.63, 3.8) is 0 Å². The summed E-state index contributed by atoms with van der Waals surface area (Å²) in [5.74, 6) is -0.451. The van der Waals surface area contributed by atoms with Gasteiger partial charge in [0, 0.05) is 29.7 Å². The van der Waals surface area contributed by atoms with Gasteiger partial charge in [-0.2, -0.15) is 0 Å². The summed E-state index contributed by atoms with van der Waals surface area (Å²) < 4.78 is 19.5. The predicted molar refractivity (Wildman–Crippen MR) is 77.6 cm³/mol. The maximum Gasteiger partial charge on any atom is 0.253 e. The molecule has 2 fully saturated rings. The highest BCUT2D eigenvalue weighted by molar-refractivity contribution is 6.31. The Morgan fingerprint density at radius 2 is 2.29 bits per heavy atom. The van der Waals surface area contributed by atoms with E-state index in [0.717, 1.165) is 19.4 Å². The zero-order valence-corrected chi connectivity index (χ0v) is 12.4. The highest BCUT2D eigenvalue weighted by Gasteiger charge is 2.37. The van der Waals surface area contributed by atoms with E-state index in [1.165, 1.54) is 6.07 Å². The Kier molecular flexibility index (Phi) is 4.42. The molecule has 1 amide bonds. The standard InChI is InChI=1S/C15H18ClFN2O2/c16-12-2-1-3-13(17)11(12)9-19(10-4-5-10)15(20)14-8-18-6-7-21-14/h1-3,10,14,18H,4-9H2/t14-/m0/s1. The van der Waals surface area contributed by atoms with Crippen LogP contribution in [0, 0.1) is 5.82 Å². The largest absolute Gasteiger partial charge is 0.366 e. The van der Waals surface area contributed by atoms with Crippen LogP contribution >= 0.6 is 11.6 Å². The van der Waals surface area contributed by atoms with Crippen molar-refractivity contribution >= 4 is 17.5 Å². The van der Waals surface area contributed by atoms with Crippen molar-refractivity contribution in [3.05, 3.63) is 34.6 Å². The third kappa shape index (κ3) is 3.36. The van der Waals surface area contributed by atoms with Gasteiger partial charge >= 0.3 is 0 Å². The van der Waals surface area contributed by atoms with Crippen LogP contribution in [0.25, 0.3) is 0 Å².